The molecule has 0 saturated carbocycles. The lowest BCUT2D eigenvalue weighted by atomic mass is 10.2. The van der Waals surface area contributed by atoms with Gasteiger partial charge in [0.1, 0.15) is 17.1 Å². The first-order valence-electron chi connectivity index (χ1n) is 10.3. The molecule has 0 spiro atoms. The Morgan fingerprint density at radius 2 is 1.94 bits per heavy atom. The maximum absolute atomic E-state index is 13.0. The Morgan fingerprint density at radius 3 is 2.71 bits per heavy atom. The van der Waals surface area contributed by atoms with Gasteiger partial charge in [-0.3, -0.25) is 24.3 Å². The topological polar surface area (TPSA) is 102 Å². The minimum absolute atomic E-state index is 0.0438. The van der Waals surface area contributed by atoms with Gasteiger partial charge in [0, 0.05) is 37.1 Å². The van der Waals surface area contributed by atoms with Gasteiger partial charge in [0.05, 0.1) is 16.6 Å². The first kappa shape index (κ1) is 19.7. The number of fused-ring (bicyclic) bond motifs is 3. The number of carbonyl (C=O) groups excluding carboxylic acids is 1. The molecule has 3 heterocycles. The number of aromatic nitrogens is 2. The number of anilines is 1. The van der Waals surface area contributed by atoms with Crippen LogP contribution in [0.2, 0.25) is 0 Å². The molecule has 0 N–H and O–H groups in total. The minimum atomic E-state index is -0.385. The fourth-order valence-electron chi connectivity index (χ4n) is 4.46. The van der Waals surface area contributed by atoms with Gasteiger partial charge in [-0.05, 0) is 30.9 Å². The number of thiophene rings is 1. The van der Waals surface area contributed by atoms with E-state index >= 15 is 0 Å². The Balaban J connectivity index is 1.29. The molecule has 1 aromatic carbocycles. The van der Waals surface area contributed by atoms with Crippen molar-refractivity contribution in [3.05, 3.63) is 61.5 Å². The third-order valence-electron chi connectivity index (χ3n) is 6.05. The van der Waals surface area contributed by atoms with Crippen LogP contribution in [0, 0.1) is 10.1 Å². The number of aryl methyl sites for hydroxylation is 2. The standard InChI is InChI=1S/C21H21N5O4S/c27-18(12-25-13-22-20-19(21(25)28)14-4-3-7-17(14)31-20)24-10-8-23(9-11-24)15-5-1-2-6-16(15)26(29)30/h1-2,5-6,13H,3-4,7-12H2. The molecule has 9 nitrogen and oxygen atoms in total. The third-order valence-corrected chi connectivity index (χ3v) is 7.25. The summed E-state index contributed by atoms with van der Waals surface area (Å²) in [6.45, 7) is 1.85. The van der Waals surface area contributed by atoms with E-state index < -0.39 is 0 Å². The number of hydrogen-bond donors (Lipinski definition) is 0. The maximum atomic E-state index is 13.0. The molecule has 1 aliphatic carbocycles. The van der Waals surface area contributed by atoms with Gasteiger partial charge in [0.2, 0.25) is 5.91 Å². The average Bonchev–Trinajstić information content (AvgIpc) is 3.37. The lowest BCUT2D eigenvalue weighted by molar-refractivity contribution is -0.384. The molecule has 2 aliphatic rings. The zero-order valence-corrected chi connectivity index (χ0v) is 17.6. The predicted octanol–water partition coefficient (Wildman–Crippen LogP) is 2.20. The predicted molar refractivity (Wildman–Crippen MR) is 118 cm³/mol. The van der Waals surface area contributed by atoms with Crippen LogP contribution in [0.4, 0.5) is 11.4 Å². The quantitative estimate of drug-likeness (QED) is 0.456. The Kier molecular flexibility index (Phi) is 4.93. The lowest BCUT2D eigenvalue weighted by Crippen LogP contribution is -2.50. The van der Waals surface area contributed by atoms with Crippen LogP contribution in [-0.4, -0.2) is 51.5 Å². The van der Waals surface area contributed by atoms with Gasteiger partial charge in [-0.2, -0.15) is 0 Å². The van der Waals surface area contributed by atoms with Crippen LogP contribution >= 0.6 is 11.3 Å². The summed E-state index contributed by atoms with van der Waals surface area (Å²) in [5.41, 5.74) is 1.60. The van der Waals surface area contributed by atoms with E-state index in [0.29, 0.717) is 37.3 Å². The summed E-state index contributed by atoms with van der Waals surface area (Å²) in [6, 6.07) is 6.64. The van der Waals surface area contributed by atoms with Gasteiger partial charge in [-0.15, -0.1) is 11.3 Å². The molecule has 0 radical (unpaired) electrons. The van der Waals surface area contributed by atoms with Gasteiger partial charge in [0.15, 0.2) is 0 Å². The van der Waals surface area contributed by atoms with Crippen LogP contribution in [0.5, 0.6) is 0 Å². The molecule has 1 saturated heterocycles. The van der Waals surface area contributed by atoms with Crippen molar-refractivity contribution in [3.63, 3.8) is 0 Å². The van der Waals surface area contributed by atoms with Gasteiger partial charge in [-0.1, -0.05) is 12.1 Å². The summed E-state index contributed by atoms with van der Waals surface area (Å²) in [6.07, 6.45) is 4.43. The SMILES string of the molecule is O=C(Cn1cnc2sc3c(c2c1=O)CCC3)N1CCN(c2ccccc2[N+](=O)[O-])CC1. The van der Waals surface area contributed by atoms with E-state index in [-0.39, 0.29) is 28.6 Å². The number of nitro benzene ring substituents is 1. The van der Waals surface area contributed by atoms with E-state index in [2.05, 4.69) is 4.98 Å². The van der Waals surface area contributed by atoms with E-state index in [0.717, 1.165) is 29.7 Å². The molecule has 2 aromatic heterocycles. The highest BCUT2D eigenvalue weighted by Gasteiger charge is 2.26. The Labute approximate surface area is 181 Å². The van der Waals surface area contributed by atoms with Crippen molar-refractivity contribution in [1.82, 2.24) is 14.5 Å². The smallest absolute Gasteiger partial charge is 0.292 e. The average molecular weight is 439 g/mol. The summed E-state index contributed by atoms with van der Waals surface area (Å²) in [5, 5.41) is 12.0. The molecule has 0 atom stereocenters. The Morgan fingerprint density at radius 1 is 1.16 bits per heavy atom. The highest BCUT2D eigenvalue weighted by Crippen LogP contribution is 2.34. The number of piperazine rings is 1. The number of nitrogens with zero attached hydrogens (tertiary/aromatic N) is 5. The summed E-state index contributed by atoms with van der Waals surface area (Å²) in [5.74, 6) is -0.141. The Hall–Kier alpha value is -3.27. The van der Waals surface area contributed by atoms with E-state index in [1.165, 1.54) is 21.8 Å². The van der Waals surface area contributed by atoms with Crippen molar-refractivity contribution in [3.8, 4) is 0 Å². The summed E-state index contributed by atoms with van der Waals surface area (Å²) in [4.78, 5) is 46.8. The fourth-order valence-corrected chi connectivity index (χ4v) is 5.68. The van der Waals surface area contributed by atoms with Crippen LogP contribution < -0.4 is 10.5 Å². The number of amides is 1. The number of rotatable bonds is 4. The van der Waals surface area contributed by atoms with Crippen molar-refractivity contribution in [2.75, 3.05) is 31.1 Å². The van der Waals surface area contributed by atoms with Gasteiger partial charge < -0.3 is 9.80 Å². The van der Waals surface area contributed by atoms with Gasteiger partial charge in [0.25, 0.3) is 11.2 Å². The van der Waals surface area contributed by atoms with E-state index in [1.807, 2.05) is 4.90 Å². The van der Waals surface area contributed by atoms with Crippen molar-refractivity contribution < 1.29 is 9.72 Å². The molecular weight excluding hydrogens is 418 g/mol. The monoisotopic (exact) mass is 439 g/mol. The highest BCUT2D eigenvalue weighted by molar-refractivity contribution is 7.18. The molecular formula is C21H21N5O4S. The number of para-hydroxylation sites is 2. The fraction of sp³-hybridized carbons (Fsp3) is 0.381. The number of hydrogen-bond acceptors (Lipinski definition) is 7. The molecule has 31 heavy (non-hydrogen) atoms. The van der Waals surface area contributed by atoms with Crippen molar-refractivity contribution in [2.24, 2.45) is 0 Å². The maximum Gasteiger partial charge on any atom is 0.292 e. The molecule has 5 rings (SSSR count). The molecule has 160 valence electrons. The van der Waals surface area contributed by atoms with Gasteiger partial charge >= 0.3 is 0 Å². The normalized spacial score (nSPS) is 16.0. The van der Waals surface area contributed by atoms with E-state index in [9.17, 15) is 19.7 Å². The molecule has 3 aromatic rings. The molecule has 1 fully saturated rings. The number of benzene rings is 1. The summed E-state index contributed by atoms with van der Waals surface area (Å²) < 4.78 is 1.41. The Bertz CT molecular complexity index is 1240. The molecule has 1 amide bonds. The van der Waals surface area contributed by atoms with Gasteiger partial charge in [-0.25, -0.2) is 4.98 Å². The minimum Gasteiger partial charge on any atom is -0.362 e. The molecule has 0 bridgehead atoms. The second kappa shape index (κ2) is 7.77. The second-order valence-electron chi connectivity index (χ2n) is 7.83. The number of carbonyl (C=O) groups is 1. The van der Waals surface area contributed by atoms with Crippen LogP contribution in [-0.2, 0) is 24.2 Å². The first-order valence-corrected chi connectivity index (χ1v) is 11.1. The lowest BCUT2D eigenvalue weighted by Gasteiger charge is -2.35. The van der Waals surface area contributed by atoms with E-state index in [1.54, 1.807) is 34.4 Å². The summed E-state index contributed by atoms with van der Waals surface area (Å²) in [7, 11) is 0. The van der Waals surface area contributed by atoms with Crippen molar-refractivity contribution in [2.45, 2.75) is 25.8 Å². The van der Waals surface area contributed by atoms with Crippen LogP contribution in [0.25, 0.3) is 10.2 Å². The highest BCUT2D eigenvalue weighted by atomic mass is 32.1. The van der Waals surface area contributed by atoms with Crippen LogP contribution in [0.15, 0.2) is 35.4 Å². The largest absolute Gasteiger partial charge is 0.362 e. The van der Waals surface area contributed by atoms with Crippen LogP contribution in [0.3, 0.4) is 0 Å². The zero-order chi connectivity index (χ0) is 21.5. The summed E-state index contributed by atoms with van der Waals surface area (Å²) >= 11 is 1.58. The molecule has 10 heteroatoms. The van der Waals surface area contributed by atoms with Crippen molar-refractivity contribution >= 4 is 38.8 Å². The van der Waals surface area contributed by atoms with E-state index in [4.69, 9.17) is 0 Å². The molecule has 1 aliphatic heterocycles. The third kappa shape index (κ3) is 3.46. The zero-order valence-electron chi connectivity index (χ0n) is 16.8. The van der Waals surface area contributed by atoms with Crippen molar-refractivity contribution in [1.29, 1.82) is 0 Å². The van der Waals surface area contributed by atoms with Crippen LogP contribution in [0.1, 0.15) is 16.9 Å². The number of nitro groups is 1. The molecule has 0 unspecified atom stereocenters. The second-order valence-corrected chi connectivity index (χ2v) is 8.91. The first-order chi connectivity index (χ1) is 15.0.